The van der Waals surface area contributed by atoms with Gasteiger partial charge in [-0.15, -0.1) is 35.1 Å². The molecular formula is C26H21ClN4O4S2. The van der Waals surface area contributed by atoms with Crippen LogP contribution in [-0.4, -0.2) is 27.3 Å². The molecule has 3 aromatic heterocycles. The number of fused-ring (bicyclic) bond motifs is 2. The minimum atomic E-state index is -0.658. The lowest BCUT2D eigenvalue weighted by Crippen LogP contribution is -2.29. The number of nitrogens with one attached hydrogen (secondary N) is 1. The number of carbonyl (C=O) groups is 1. The summed E-state index contributed by atoms with van der Waals surface area (Å²) < 4.78 is 6.21. The Morgan fingerprint density at radius 2 is 1.86 bits per heavy atom. The summed E-state index contributed by atoms with van der Waals surface area (Å²) in [6, 6.07) is 20.8. The van der Waals surface area contributed by atoms with Gasteiger partial charge in [0.2, 0.25) is 0 Å². The van der Waals surface area contributed by atoms with Gasteiger partial charge in [-0.3, -0.25) is 19.8 Å². The van der Waals surface area contributed by atoms with Gasteiger partial charge in [-0.2, -0.15) is 0 Å². The zero-order valence-corrected chi connectivity index (χ0v) is 21.8. The Labute approximate surface area is 226 Å². The van der Waals surface area contributed by atoms with Crippen molar-refractivity contribution in [2.75, 3.05) is 11.9 Å². The number of aromatic nitrogens is 1. The second kappa shape index (κ2) is 10.4. The Kier molecular flexibility index (Phi) is 7.07. The van der Waals surface area contributed by atoms with Gasteiger partial charge in [0.25, 0.3) is 5.91 Å². The number of thiophene rings is 1. The average Bonchev–Trinajstić information content (AvgIpc) is 3.61. The van der Waals surface area contributed by atoms with Crippen molar-refractivity contribution in [2.45, 2.75) is 19.5 Å². The van der Waals surface area contributed by atoms with Crippen molar-refractivity contribution in [3.63, 3.8) is 0 Å². The van der Waals surface area contributed by atoms with Gasteiger partial charge >= 0.3 is 5.88 Å². The summed E-state index contributed by atoms with van der Waals surface area (Å²) in [6.45, 7) is 2.52. The lowest BCUT2D eigenvalue weighted by molar-refractivity contribution is -0.402. The number of para-hydroxylation sites is 1. The highest BCUT2D eigenvalue weighted by atomic mass is 35.5. The van der Waals surface area contributed by atoms with Crippen molar-refractivity contribution in [3.05, 3.63) is 98.6 Å². The van der Waals surface area contributed by atoms with E-state index in [4.69, 9.17) is 9.40 Å². The third-order valence-electron chi connectivity index (χ3n) is 6.12. The van der Waals surface area contributed by atoms with E-state index in [0.29, 0.717) is 5.00 Å². The molecule has 1 N–H and O–H groups in total. The normalized spacial score (nSPS) is 13.2. The standard InChI is InChI=1S/C26H20N4O4S2.ClH/c31-24(19-10-11-22(34-19)30(32)33)28-26-23(25-27-18-8-4-5-9-20(18)35-25)17-12-13-29(15-21(17)36-26)14-16-6-2-1-3-7-16;/h1-11H,12-15H2,(H,28,31);1H. The summed E-state index contributed by atoms with van der Waals surface area (Å²) in [5, 5.41) is 15.5. The number of thiazole rings is 1. The molecule has 4 heterocycles. The van der Waals surface area contributed by atoms with Gasteiger partial charge in [0.15, 0.2) is 5.76 Å². The minimum Gasteiger partial charge on any atom is -0.395 e. The van der Waals surface area contributed by atoms with Crippen LogP contribution < -0.4 is 5.32 Å². The first kappa shape index (κ1) is 25.1. The van der Waals surface area contributed by atoms with Crippen LogP contribution in [0.1, 0.15) is 26.6 Å². The molecule has 0 fully saturated rings. The Morgan fingerprint density at radius 1 is 1.08 bits per heavy atom. The largest absolute Gasteiger partial charge is 0.433 e. The van der Waals surface area contributed by atoms with Crippen molar-refractivity contribution in [1.82, 2.24) is 9.88 Å². The quantitative estimate of drug-likeness (QED) is 0.184. The third-order valence-corrected chi connectivity index (χ3v) is 8.30. The summed E-state index contributed by atoms with van der Waals surface area (Å²) in [4.78, 5) is 31.8. The Bertz CT molecular complexity index is 1560. The maximum Gasteiger partial charge on any atom is 0.433 e. The molecule has 1 aliphatic heterocycles. The smallest absolute Gasteiger partial charge is 0.395 e. The van der Waals surface area contributed by atoms with Gasteiger partial charge in [-0.1, -0.05) is 42.5 Å². The number of hydrogen-bond acceptors (Lipinski definition) is 8. The summed E-state index contributed by atoms with van der Waals surface area (Å²) in [5.74, 6) is -1.09. The van der Waals surface area contributed by atoms with E-state index in [1.807, 2.05) is 42.5 Å². The highest BCUT2D eigenvalue weighted by Gasteiger charge is 2.29. The summed E-state index contributed by atoms with van der Waals surface area (Å²) >= 11 is 3.13. The van der Waals surface area contributed by atoms with E-state index in [1.165, 1.54) is 39.5 Å². The highest BCUT2D eigenvalue weighted by molar-refractivity contribution is 7.23. The zero-order valence-electron chi connectivity index (χ0n) is 19.4. The van der Waals surface area contributed by atoms with Crippen LogP contribution in [0.3, 0.4) is 0 Å². The first-order chi connectivity index (χ1) is 17.5. The van der Waals surface area contributed by atoms with Gasteiger partial charge in [-0.05, 0) is 35.7 Å². The minimum absolute atomic E-state index is 0. The predicted molar refractivity (Wildman–Crippen MR) is 148 cm³/mol. The van der Waals surface area contributed by atoms with Crippen LogP contribution in [0, 0.1) is 10.1 Å². The molecule has 0 radical (unpaired) electrons. The SMILES string of the molecule is Cl.O=C(Nc1sc2c(c1-c1nc3ccccc3s1)CCN(Cc1ccccc1)C2)c1ccc([N+](=O)[O-])o1. The van der Waals surface area contributed by atoms with Crippen LogP contribution in [0.25, 0.3) is 20.8 Å². The number of nitro groups is 1. The lowest BCUT2D eigenvalue weighted by Gasteiger charge is -2.27. The van der Waals surface area contributed by atoms with Crippen molar-refractivity contribution in [1.29, 1.82) is 0 Å². The number of rotatable bonds is 6. The molecule has 188 valence electrons. The zero-order chi connectivity index (χ0) is 24.6. The van der Waals surface area contributed by atoms with Gasteiger partial charge in [-0.25, -0.2) is 4.98 Å². The molecule has 0 saturated carbocycles. The van der Waals surface area contributed by atoms with Crippen LogP contribution in [0.4, 0.5) is 10.9 Å². The van der Waals surface area contributed by atoms with Crippen molar-refractivity contribution in [3.8, 4) is 10.6 Å². The van der Waals surface area contributed by atoms with E-state index < -0.39 is 16.7 Å². The number of halogens is 1. The maximum atomic E-state index is 13.0. The first-order valence-electron chi connectivity index (χ1n) is 11.4. The van der Waals surface area contributed by atoms with Gasteiger partial charge in [0.1, 0.15) is 14.9 Å². The predicted octanol–water partition coefficient (Wildman–Crippen LogP) is 6.76. The molecule has 1 aliphatic rings. The molecule has 11 heteroatoms. The third kappa shape index (κ3) is 5.01. The first-order valence-corrected chi connectivity index (χ1v) is 13.0. The van der Waals surface area contributed by atoms with Crippen LogP contribution in [-0.2, 0) is 19.5 Å². The van der Waals surface area contributed by atoms with Crippen LogP contribution >= 0.6 is 35.1 Å². The second-order valence-corrected chi connectivity index (χ2v) is 10.6. The van der Waals surface area contributed by atoms with Crippen molar-refractivity contribution < 1.29 is 14.1 Å². The fraction of sp³-hybridized carbons (Fsp3) is 0.154. The number of hydrogen-bond donors (Lipinski definition) is 1. The van der Waals surface area contributed by atoms with Crippen LogP contribution in [0.2, 0.25) is 0 Å². The number of nitrogens with zero attached hydrogens (tertiary/aromatic N) is 3. The van der Waals surface area contributed by atoms with Gasteiger partial charge < -0.3 is 9.73 Å². The molecule has 0 spiro atoms. The molecule has 8 nitrogen and oxygen atoms in total. The second-order valence-electron chi connectivity index (χ2n) is 8.49. The molecule has 0 unspecified atom stereocenters. The molecule has 2 aromatic carbocycles. The molecule has 0 atom stereocenters. The Morgan fingerprint density at radius 3 is 2.62 bits per heavy atom. The number of amides is 1. The van der Waals surface area contributed by atoms with Gasteiger partial charge in [0.05, 0.1) is 16.3 Å². The van der Waals surface area contributed by atoms with Gasteiger partial charge in [0, 0.05) is 30.1 Å². The molecule has 37 heavy (non-hydrogen) atoms. The molecule has 0 aliphatic carbocycles. The molecule has 0 bridgehead atoms. The lowest BCUT2D eigenvalue weighted by atomic mass is 10.0. The molecule has 6 rings (SSSR count). The molecule has 5 aromatic rings. The fourth-order valence-electron chi connectivity index (χ4n) is 4.44. The average molecular weight is 553 g/mol. The van der Waals surface area contributed by atoms with Crippen molar-refractivity contribution in [2.24, 2.45) is 0 Å². The summed E-state index contributed by atoms with van der Waals surface area (Å²) in [6.07, 6.45) is 0.839. The molecule has 1 amide bonds. The Balaban J connectivity index is 0.00000280. The molecule has 0 saturated heterocycles. The van der Waals surface area contributed by atoms with Crippen LogP contribution in [0.15, 0.2) is 71.1 Å². The number of furan rings is 1. The van der Waals surface area contributed by atoms with E-state index >= 15 is 0 Å². The number of anilines is 1. The fourth-order valence-corrected chi connectivity index (χ4v) is 6.83. The summed E-state index contributed by atoms with van der Waals surface area (Å²) in [5.41, 5.74) is 4.31. The van der Waals surface area contributed by atoms with E-state index in [-0.39, 0.29) is 18.2 Å². The van der Waals surface area contributed by atoms with Crippen LogP contribution in [0.5, 0.6) is 0 Å². The van der Waals surface area contributed by atoms with E-state index in [1.54, 1.807) is 11.3 Å². The number of carbonyl (C=O) groups excluding carboxylic acids is 1. The number of benzene rings is 2. The van der Waals surface area contributed by atoms with E-state index in [2.05, 4.69) is 22.3 Å². The molecular weight excluding hydrogens is 532 g/mol. The maximum absolute atomic E-state index is 13.0. The monoisotopic (exact) mass is 552 g/mol. The van der Waals surface area contributed by atoms with Crippen molar-refractivity contribution >= 4 is 62.1 Å². The summed E-state index contributed by atoms with van der Waals surface area (Å²) in [7, 11) is 0. The highest BCUT2D eigenvalue weighted by Crippen LogP contribution is 2.46. The Hall–Kier alpha value is -3.57. The van der Waals surface area contributed by atoms with E-state index in [0.717, 1.165) is 46.8 Å². The topological polar surface area (TPSA) is 102 Å². The van der Waals surface area contributed by atoms with E-state index in [9.17, 15) is 14.9 Å².